The van der Waals surface area contributed by atoms with Crippen LogP contribution < -0.4 is 5.73 Å². The van der Waals surface area contributed by atoms with Crippen LogP contribution in [-0.2, 0) is 0 Å². The first-order chi connectivity index (χ1) is 7.59. The Bertz CT molecular complexity index is 337. The average molecular weight is 324 g/mol. The molecule has 0 amide bonds. The number of hydrogen-bond donors (Lipinski definition) is 1. The fourth-order valence-corrected chi connectivity index (χ4v) is 4.28. The molecule has 0 aliphatic carbocycles. The number of likely N-dealkylation sites (tertiary alicyclic amines) is 1. The van der Waals surface area contributed by atoms with Crippen molar-refractivity contribution in [3.05, 3.63) is 19.8 Å². The van der Waals surface area contributed by atoms with E-state index >= 15 is 0 Å². The third kappa shape index (κ3) is 2.62. The Morgan fingerprint density at radius 2 is 2.31 bits per heavy atom. The van der Waals surface area contributed by atoms with Crippen LogP contribution in [0, 0.1) is 0 Å². The summed E-state index contributed by atoms with van der Waals surface area (Å²) in [7, 11) is 2.15. The van der Waals surface area contributed by atoms with Gasteiger partial charge in [0, 0.05) is 15.4 Å². The van der Waals surface area contributed by atoms with Crippen molar-refractivity contribution < 1.29 is 0 Å². The molecule has 16 heavy (non-hydrogen) atoms. The largest absolute Gasteiger partial charge is 0.326 e. The maximum Gasteiger partial charge on any atom is 0.107 e. The highest BCUT2D eigenvalue weighted by molar-refractivity contribution is 9.10. The minimum Gasteiger partial charge on any atom is -0.326 e. The fraction of sp³-hybridized carbons (Fsp3) is 0.636. The number of nitrogens with two attached hydrogens (primary N) is 1. The zero-order chi connectivity index (χ0) is 11.7. The second kappa shape index (κ2) is 5.36. The highest BCUT2D eigenvalue weighted by Crippen LogP contribution is 2.39. The Hall–Kier alpha value is 0.390. The van der Waals surface area contributed by atoms with Crippen LogP contribution >= 0.6 is 38.9 Å². The topological polar surface area (TPSA) is 29.3 Å². The van der Waals surface area contributed by atoms with Gasteiger partial charge in [0.1, 0.15) is 4.34 Å². The molecule has 2 nitrogen and oxygen atoms in total. The van der Waals surface area contributed by atoms with E-state index in [4.69, 9.17) is 17.3 Å². The minimum absolute atomic E-state index is 0.217. The van der Waals surface area contributed by atoms with Crippen LogP contribution in [0.2, 0.25) is 4.34 Å². The van der Waals surface area contributed by atoms with Crippen molar-refractivity contribution in [2.45, 2.75) is 31.3 Å². The van der Waals surface area contributed by atoms with Gasteiger partial charge in [-0.25, -0.2) is 0 Å². The van der Waals surface area contributed by atoms with Crippen LogP contribution in [0.5, 0.6) is 0 Å². The summed E-state index contributed by atoms with van der Waals surface area (Å²) in [6.07, 6.45) is 3.56. The van der Waals surface area contributed by atoms with Crippen molar-refractivity contribution in [1.29, 1.82) is 0 Å². The Balaban J connectivity index is 2.28. The SMILES string of the molecule is CN1CCCCC(N)C1c1cc(Br)c(Cl)s1. The Kier molecular flexibility index (Phi) is 4.30. The van der Waals surface area contributed by atoms with Crippen molar-refractivity contribution in [3.8, 4) is 0 Å². The summed E-state index contributed by atoms with van der Waals surface area (Å²) in [4.78, 5) is 3.63. The highest BCUT2D eigenvalue weighted by atomic mass is 79.9. The van der Waals surface area contributed by atoms with Gasteiger partial charge in [-0.2, -0.15) is 0 Å². The zero-order valence-corrected chi connectivity index (χ0v) is 12.4. The molecule has 0 spiro atoms. The van der Waals surface area contributed by atoms with Gasteiger partial charge in [-0.05, 0) is 48.4 Å². The lowest BCUT2D eigenvalue weighted by Crippen LogP contribution is -2.37. The molecule has 1 fully saturated rings. The predicted molar refractivity (Wildman–Crippen MR) is 74.2 cm³/mol. The molecule has 2 heterocycles. The summed E-state index contributed by atoms with van der Waals surface area (Å²) in [5, 5.41) is 0. The second-order valence-electron chi connectivity index (χ2n) is 4.36. The molecule has 2 atom stereocenters. The maximum absolute atomic E-state index is 6.27. The molecule has 1 aromatic heterocycles. The van der Waals surface area contributed by atoms with E-state index in [9.17, 15) is 0 Å². The van der Waals surface area contributed by atoms with Crippen LogP contribution in [0.4, 0.5) is 0 Å². The smallest absolute Gasteiger partial charge is 0.107 e. The monoisotopic (exact) mass is 322 g/mol. The molecule has 90 valence electrons. The van der Waals surface area contributed by atoms with E-state index < -0.39 is 0 Å². The van der Waals surface area contributed by atoms with E-state index in [-0.39, 0.29) is 6.04 Å². The molecule has 1 saturated heterocycles. The van der Waals surface area contributed by atoms with Gasteiger partial charge in [0.25, 0.3) is 0 Å². The summed E-state index contributed by atoms with van der Waals surface area (Å²) < 4.78 is 1.80. The molecule has 1 aromatic rings. The van der Waals surface area contributed by atoms with Gasteiger partial charge >= 0.3 is 0 Å². The normalized spacial score (nSPS) is 28.0. The minimum atomic E-state index is 0.217. The van der Waals surface area contributed by atoms with Gasteiger partial charge in [-0.1, -0.05) is 18.0 Å². The van der Waals surface area contributed by atoms with Gasteiger partial charge in [0.2, 0.25) is 0 Å². The zero-order valence-electron chi connectivity index (χ0n) is 9.25. The molecule has 1 aliphatic rings. The molecule has 2 unspecified atom stereocenters. The standard InChI is InChI=1S/C11H16BrClN2S/c1-15-5-3-2-4-8(14)10(15)9-6-7(12)11(13)16-9/h6,8,10H,2-5,14H2,1H3. The summed E-state index contributed by atoms with van der Waals surface area (Å²) in [6.45, 7) is 1.12. The summed E-state index contributed by atoms with van der Waals surface area (Å²) in [6, 6.07) is 2.64. The third-order valence-electron chi connectivity index (χ3n) is 3.13. The molecule has 0 radical (unpaired) electrons. The number of likely N-dealkylation sites (N-methyl/N-ethyl adjacent to an activating group) is 1. The van der Waals surface area contributed by atoms with Crippen molar-refractivity contribution in [2.24, 2.45) is 5.73 Å². The van der Waals surface area contributed by atoms with E-state index in [0.717, 1.165) is 21.8 Å². The van der Waals surface area contributed by atoms with E-state index in [0.29, 0.717) is 6.04 Å². The van der Waals surface area contributed by atoms with Gasteiger partial charge in [-0.15, -0.1) is 11.3 Å². The van der Waals surface area contributed by atoms with E-state index in [1.807, 2.05) is 0 Å². The Labute approximate surface area is 114 Å². The molecule has 2 rings (SSSR count). The second-order valence-corrected chi connectivity index (χ2v) is 6.90. The number of rotatable bonds is 1. The fourth-order valence-electron chi connectivity index (χ4n) is 2.30. The average Bonchev–Trinajstić information content (AvgIpc) is 2.45. The number of thiophene rings is 1. The summed E-state index contributed by atoms with van der Waals surface area (Å²) in [5.41, 5.74) is 6.27. The molecule has 0 aromatic carbocycles. The van der Waals surface area contributed by atoms with Gasteiger partial charge < -0.3 is 5.73 Å². The van der Waals surface area contributed by atoms with Crippen molar-refractivity contribution in [1.82, 2.24) is 4.90 Å². The first-order valence-corrected chi connectivity index (χ1v) is 7.49. The first-order valence-electron chi connectivity index (χ1n) is 5.50. The lowest BCUT2D eigenvalue weighted by molar-refractivity contribution is 0.233. The van der Waals surface area contributed by atoms with Crippen LogP contribution in [0.15, 0.2) is 10.5 Å². The van der Waals surface area contributed by atoms with Gasteiger partial charge in [0.05, 0.1) is 6.04 Å². The lowest BCUT2D eigenvalue weighted by atomic mass is 10.0. The third-order valence-corrected chi connectivity index (χ3v) is 5.68. The highest BCUT2D eigenvalue weighted by Gasteiger charge is 2.28. The molecule has 1 aliphatic heterocycles. The van der Waals surface area contributed by atoms with Gasteiger partial charge in [0.15, 0.2) is 0 Å². The van der Waals surface area contributed by atoms with Gasteiger partial charge in [-0.3, -0.25) is 4.90 Å². The molecule has 5 heteroatoms. The Morgan fingerprint density at radius 1 is 1.56 bits per heavy atom. The summed E-state index contributed by atoms with van der Waals surface area (Å²) in [5.74, 6) is 0. The van der Waals surface area contributed by atoms with Crippen molar-refractivity contribution in [2.75, 3.05) is 13.6 Å². The molecule has 2 N–H and O–H groups in total. The maximum atomic E-state index is 6.27. The molecule has 0 bridgehead atoms. The number of nitrogens with zero attached hydrogens (tertiary/aromatic N) is 1. The predicted octanol–water partition coefficient (Wildman–Crippen LogP) is 3.65. The van der Waals surface area contributed by atoms with E-state index in [1.54, 1.807) is 11.3 Å². The number of halogens is 2. The molecule has 0 saturated carbocycles. The quantitative estimate of drug-likeness (QED) is 0.855. The number of hydrogen-bond acceptors (Lipinski definition) is 3. The van der Waals surface area contributed by atoms with Crippen LogP contribution in [0.3, 0.4) is 0 Å². The van der Waals surface area contributed by atoms with Crippen LogP contribution in [-0.4, -0.2) is 24.5 Å². The van der Waals surface area contributed by atoms with Crippen molar-refractivity contribution in [3.63, 3.8) is 0 Å². The first kappa shape index (κ1) is 12.8. The lowest BCUT2D eigenvalue weighted by Gasteiger charge is -2.29. The summed E-state index contributed by atoms with van der Waals surface area (Å²) >= 11 is 11.2. The van der Waals surface area contributed by atoms with Crippen LogP contribution in [0.1, 0.15) is 30.2 Å². The van der Waals surface area contributed by atoms with Crippen molar-refractivity contribution >= 4 is 38.9 Å². The molecular formula is C11H16BrClN2S. The van der Waals surface area contributed by atoms with E-state index in [1.165, 1.54) is 17.7 Å². The molecular weight excluding hydrogens is 308 g/mol. The van der Waals surface area contributed by atoms with E-state index in [2.05, 4.69) is 33.9 Å². The van der Waals surface area contributed by atoms with Crippen LogP contribution in [0.25, 0.3) is 0 Å². The Morgan fingerprint density at radius 3 is 2.94 bits per heavy atom.